The largest absolute Gasteiger partial charge is 0.449 e. The fourth-order valence-electron chi connectivity index (χ4n) is 3.04. The van der Waals surface area contributed by atoms with Gasteiger partial charge in [0.2, 0.25) is 0 Å². The molecule has 4 heteroatoms. The van der Waals surface area contributed by atoms with Crippen molar-refractivity contribution < 1.29 is 14.3 Å². The summed E-state index contributed by atoms with van der Waals surface area (Å²) in [5, 5.41) is 2.66. The highest BCUT2D eigenvalue weighted by atomic mass is 16.5. The Morgan fingerprint density at radius 1 is 1.13 bits per heavy atom. The van der Waals surface area contributed by atoms with Gasteiger partial charge >= 0.3 is 6.09 Å². The number of carbonyl (C=O) groups excluding carboxylic acids is 2. The molecule has 1 amide bonds. The Labute approximate surface area is 135 Å². The summed E-state index contributed by atoms with van der Waals surface area (Å²) >= 11 is 0. The van der Waals surface area contributed by atoms with Gasteiger partial charge in [0.15, 0.2) is 0 Å². The summed E-state index contributed by atoms with van der Waals surface area (Å²) in [6.45, 7) is 2.06. The topological polar surface area (TPSA) is 55.4 Å². The van der Waals surface area contributed by atoms with Gasteiger partial charge in [0.05, 0.1) is 0 Å². The number of carbonyl (C=O) groups is 2. The van der Waals surface area contributed by atoms with Crippen molar-refractivity contribution in [2.45, 2.75) is 25.3 Å². The van der Waals surface area contributed by atoms with E-state index in [2.05, 4.69) is 29.6 Å². The Bertz CT molecular complexity index is 681. The minimum absolute atomic E-state index is 0.0505. The monoisotopic (exact) mass is 309 g/mol. The molecule has 0 spiro atoms. The highest BCUT2D eigenvalue weighted by Crippen LogP contribution is 2.44. The molecule has 0 aromatic heterocycles. The van der Waals surface area contributed by atoms with Gasteiger partial charge in [0.25, 0.3) is 0 Å². The third-order valence-electron chi connectivity index (χ3n) is 4.16. The molecule has 0 unspecified atom stereocenters. The first-order chi connectivity index (χ1) is 11.2. The number of aldehydes is 1. The van der Waals surface area contributed by atoms with Crippen LogP contribution in [0, 0.1) is 0 Å². The summed E-state index contributed by atoms with van der Waals surface area (Å²) < 4.78 is 5.39. The second-order valence-corrected chi connectivity index (χ2v) is 5.77. The predicted octanol–water partition coefficient (Wildman–Crippen LogP) is 3.50. The van der Waals surface area contributed by atoms with E-state index >= 15 is 0 Å². The minimum Gasteiger partial charge on any atom is -0.449 e. The van der Waals surface area contributed by atoms with Crippen LogP contribution in [0.25, 0.3) is 11.1 Å². The summed E-state index contributed by atoms with van der Waals surface area (Å²) in [4.78, 5) is 22.3. The Morgan fingerprint density at radius 2 is 1.70 bits per heavy atom. The Morgan fingerprint density at radius 3 is 2.26 bits per heavy atom. The highest BCUT2D eigenvalue weighted by molar-refractivity contribution is 5.79. The number of rotatable bonds is 5. The second kappa shape index (κ2) is 6.65. The molecule has 2 aromatic rings. The van der Waals surface area contributed by atoms with Crippen molar-refractivity contribution in [2.24, 2.45) is 0 Å². The maximum atomic E-state index is 11.9. The van der Waals surface area contributed by atoms with Crippen molar-refractivity contribution >= 4 is 12.4 Å². The SMILES string of the molecule is C[C@H](CC=O)NC(=O)OCC1c2ccccc2-c2ccccc21. The molecule has 0 fully saturated rings. The van der Waals surface area contributed by atoms with Gasteiger partial charge in [-0.05, 0) is 29.2 Å². The second-order valence-electron chi connectivity index (χ2n) is 5.77. The van der Waals surface area contributed by atoms with Crippen molar-refractivity contribution in [2.75, 3.05) is 6.61 Å². The number of amides is 1. The first kappa shape index (κ1) is 15.3. The normalized spacial score (nSPS) is 13.8. The van der Waals surface area contributed by atoms with Gasteiger partial charge in [-0.1, -0.05) is 48.5 Å². The van der Waals surface area contributed by atoms with Crippen molar-refractivity contribution in [1.29, 1.82) is 0 Å². The molecule has 0 aliphatic heterocycles. The zero-order valence-corrected chi connectivity index (χ0v) is 13.0. The van der Waals surface area contributed by atoms with Crippen LogP contribution < -0.4 is 5.32 Å². The number of nitrogens with one attached hydrogen (secondary N) is 1. The molecule has 0 saturated carbocycles. The zero-order valence-electron chi connectivity index (χ0n) is 13.0. The summed E-state index contributed by atoms with van der Waals surface area (Å²) in [7, 11) is 0. The van der Waals surface area contributed by atoms with Crippen LogP contribution in [0.2, 0.25) is 0 Å². The molecule has 118 valence electrons. The average Bonchev–Trinajstić information content (AvgIpc) is 2.87. The molecular formula is C19H19NO3. The van der Waals surface area contributed by atoms with Gasteiger partial charge in [-0.2, -0.15) is 0 Å². The number of hydrogen-bond donors (Lipinski definition) is 1. The molecule has 1 aliphatic rings. The lowest BCUT2D eigenvalue weighted by Gasteiger charge is -2.16. The molecule has 1 aliphatic carbocycles. The van der Waals surface area contributed by atoms with Crippen LogP contribution >= 0.6 is 0 Å². The summed E-state index contributed by atoms with van der Waals surface area (Å²) in [5.41, 5.74) is 4.77. The van der Waals surface area contributed by atoms with E-state index in [1.165, 1.54) is 22.3 Å². The van der Waals surface area contributed by atoms with Gasteiger partial charge in [-0.15, -0.1) is 0 Å². The molecule has 3 rings (SSSR count). The average molecular weight is 309 g/mol. The van der Waals surface area contributed by atoms with E-state index in [0.29, 0.717) is 0 Å². The fraction of sp³-hybridized carbons (Fsp3) is 0.263. The molecule has 2 aromatic carbocycles. The molecular weight excluding hydrogens is 290 g/mol. The maximum absolute atomic E-state index is 11.9. The maximum Gasteiger partial charge on any atom is 0.407 e. The molecule has 1 N–H and O–H groups in total. The van der Waals surface area contributed by atoms with Crippen LogP contribution in [0.4, 0.5) is 4.79 Å². The Hall–Kier alpha value is -2.62. The molecule has 0 heterocycles. The van der Waals surface area contributed by atoms with E-state index in [1.807, 2.05) is 24.3 Å². The number of hydrogen-bond acceptors (Lipinski definition) is 3. The van der Waals surface area contributed by atoms with Crippen LogP contribution in [0.3, 0.4) is 0 Å². The summed E-state index contributed by atoms with van der Waals surface area (Å²) in [5.74, 6) is 0.0505. The minimum atomic E-state index is -0.485. The first-order valence-corrected chi connectivity index (χ1v) is 7.76. The van der Waals surface area contributed by atoms with E-state index in [9.17, 15) is 9.59 Å². The van der Waals surface area contributed by atoms with Crippen molar-refractivity contribution in [3.63, 3.8) is 0 Å². The standard InChI is InChI=1S/C19H19NO3/c1-13(10-11-21)20-19(22)23-12-18-16-8-4-2-6-14(16)15-7-3-5-9-17(15)18/h2-9,11,13,18H,10,12H2,1H3,(H,20,22)/t13-/m1/s1. The molecule has 0 saturated heterocycles. The number of alkyl carbamates (subject to hydrolysis) is 1. The fourth-order valence-corrected chi connectivity index (χ4v) is 3.04. The van der Waals surface area contributed by atoms with Gasteiger partial charge in [0, 0.05) is 18.4 Å². The van der Waals surface area contributed by atoms with E-state index in [1.54, 1.807) is 6.92 Å². The van der Waals surface area contributed by atoms with Crippen LogP contribution in [0.1, 0.15) is 30.4 Å². The van der Waals surface area contributed by atoms with Crippen molar-refractivity contribution in [3.8, 4) is 11.1 Å². The van der Waals surface area contributed by atoms with Crippen molar-refractivity contribution in [1.82, 2.24) is 5.32 Å². The van der Waals surface area contributed by atoms with Crippen LogP contribution in [-0.2, 0) is 9.53 Å². The van der Waals surface area contributed by atoms with E-state index in [-0.39, 0.29) is 25.0 Å². The van der Waals surface area contributed by atoms with Gasteiger partial charge in [0.1, 0.15) is 12.9 Å². The molecule has 0 bridgehead atoms. The first-order valence-electron chi connectivity index (χ1n) is 7.76. The molecule has 23 heavy (non-hydrogen) atoms. The Balaban J connectivity index is 1.73. The predicted molar refractivity (Wildman–Crippen MR) is 88.3 cm³/mol. The van der Waals surface area contributed by atoms with E-state index < -0.39 is 6.09 Å². The lowest BCUT2D eigenvalue weighted by atomic mass is 9.98. The molecule has 1 atom stereocenters. The third-order valence-corrected chi connectivity index (χ3v) is 4.16. The lowest BCUT2D eigenvalue weighted by molar-refractivity contribution is -0.108. The quantitative estimate of drug-likeness (QED) is 0.860. The Kier molecular flexibility index (Phi) is 4.42. The number of fused-ring (bicyclic) bond motifs is 3. The smallest absolute Gasteiger partial charge is 0.407 e. The van der Waals surface area contributed by atoms with Gasteiger partial charge in [-0.3, -0.25) is 0 Å². The van der Waals surface area contributed by atoms with Crippen LogP contribution in [-0.4, -0.2) is 25.0 Å². The molecule has 4 nitrogen and oxygen atoms in total. The van der Waals surface area contributed by atoms with Crippen molar-refractivity contribution in [3.05, 3.63) is 59.7 Å². The van der Waals surface area contributed by atoms with Crippen LogP contribution in [0.5, 0.6) is 0 Å². The van der Waals surface area contributed by atoms with E-state index in [0.717, 1.165) is 6.29 Å². The summed E-state index contributed by atoms with van der Waals surface area (Å²) in [6.07, 6.45) is 0.583. The lowest BCUT2D eigenvalue weighted by Crippen LogP contribution is -2.34. The number of benzene rings is 2. The zero-order chi connectivity index (χ0) is 16.2. The van der Waals surface area contributed by atoms with E-state index in [4.69, 9.17) is 4.74 Å². The van der Waals surface area contributed by atoms with Crippen LogP contribution in [0.15, 0.2) is 48.5 Å². The van der Waals surface area contributed by atoms with Gasteiger partial charge in [-0.25, -0.2) is 4.79 Å². The highest BCUT2D eigenvalue weighted by Gasteiger charge is 2.29. The third kappa shape index (κ3) is 3.11. The molecule has 0 radical (unpaired) electrons. The summed E-state index contributed by atoms with van der Waals surface area (Å²) in [6, 6.07) is 16.2. The number of ether oxygens (including phenoxy) is 1. The van der Waals surface area contributed by atoms with Gasteiger partial charge < -0.3 is 14.8 Å².